The monoisotopic (exact) mass is 462 g/mol. The lowest BCUT2D eigenvalue weighted by molar-refractivity contribution is 0.0728. The van der Waals surface area contributed by atoms with Crippen molar-refractivity contribution in [3.05, 3.63) is 77.5 Å². The van der Waals surface area contributed by atoms with Crippen LogP contribution in [0.4, 0.5) is 5.82 Å². The third-order valence-corrected chi connectivity index (χ3v) is 6.21. The molecule has 1 aromatic carbocycles. The molecule has 35 heavy (non-hydrogen) atoms. The van der Waals surface area contributed by atoms with Crippen molar-refractivity contribution in [1.29, 1.82) is 0 Å². The van der Waals surface area contributed by atoms with Gasteiger partial charge in [-0.1, -0.05) is 11.8 Å². The number of carbonyl (C=O) groups excluding carboxylic acids is 1. The fourth-order valence-electron chi connectivity index (χ4n) is 4.24. The van der Waals surface area contributed by atoms with Gasteiger partial charge in [0.25, 0.3) is 5.91 Å². The van der Waals surface area contributed by atoms with Gasteiger partial charge in [0.1, 0.15) is 5.82 Å². The van der Waals surface area contributed by atoms with Gasteiger partial charge in [-0.3, -0.25) is 19.6 Å². The van der Waals surface area contributed by atoms with E-state index in [0.29, 0.717) is 17.9 Å². The number of fused-ring (bicyclic) bond motifs is 3. The van der Waals surface area contributed by atoms with Crippen LogP contribution in [0, 0.1) is 11.8 Å². The number of anilines is 1. The highest BCUT2D eigenvalue weighted by atomic mass is 16.2. The number of rotatable bonds is 4. The number of H-pyrrole nitrogens is 1. The second kappa shape index (κ2) is 8.25. The third-order valence-electron chi connectivity index (χ3n) is 6.21. The Balaban J connectivity index is 1.28. The summed E-state index contributed by atoms with van der Waals surface area (Å²) >= 11 is 0. The number of aryl methyl sites for hydroxylation is 1. The molecule has 1 amide bonds. The lowest BCUT2D eigenvalue weighted by Crippen LogP contribution is -2.32. The van der Waals surface area contributed by atoms with Crippen LogP contribution < -0.4 is 5.73 Å². The maximum atomic E-state index is 13.6. The van der Waals surface area contributed by atoms with E-state index in [2.05, 4.69) is 37.1 Å². The summed E-state index contributed by atoms with van der Waals surface area (Å²) in [6.07, 6.45) is 8.85. The lowest BCUT2D eigenvalue weighted by atomic mass is 10.1. The van der Waals surface area contributed by atoms with Crippen LogP contribution in [0.3, 0.4) is 0 Å². The van der Waals surface area contributed by atoms with Gasteiger partial charge in [0.15, 0.2) is 0 Å². The normalized spacial score (nSPS) is 13.1. The number of hydrogen-bond acceptors (Lipinski definition) is 6. The van der Waals surface area contributed by atoms with Gasteiger partial charge in [0.2, 0.25) is 0 Å². The zero-order chi connectivity index (χ0) is 23.9. The van der Waals surface area contributed by atoms with Crippen LogP contribution in [-0.2, 0) is 13.6 Å². The Morgan fingerprint density at radius 2 is 2.00 bits per heavy atom. The number of aromatic nitrogens is 6. The topological polar surface area (TPSA) is 119 Å². The maximum Gasteiger partial charge on any atom is 0.254 e. The lowest BCUT2D eigenvalue weighted by Gasteiger charge is -2.22. The molecule has 0 bridgehead atoms. The highest BCUT2D eigenvalue weighted by molar-refractivity contribution is 6.10. The van der Waals surface area contributed by atoms with Gasteiger partial charge >= 0.3 is 0 Å². The molecular weight excluding hydrogens is 440 g/mol. The van der Waals surface area contributed by atoms with E-state index in [-0.39, 0.29) is 11.9 Å². The molecular formula is C26H22N8O. The first kappa shape index (κ1) is 20.9. The van der Waals surface area contributed by atoms with Crippen molar-refractivity contribution >= 4 is 33.5 Å². The molecule has 1 saturated carbocycles. The molecule has 4 aromatic heterocycles. The SMILES string of the molecule is Cn1ncc2c(N)nc3ccc(C(=O)N(Cc4ccc(C#Cc5cn[nH]c5)cn4)C4CC4)cc3c21. The Kier molecular flexibility index (Phi) is 4.92. The third kappa shape index (κ3) is 3.95. The summed E-state index contributed by atoms with van der Waals surface area (Å²) in [6, 6.07) is 9.64. The summed E-state index contributed by atoms with van der Waals surface area (Å²) in [6.45, 7) is 0.443. The van der Waals surface area contributed by atoms with Gasteiger partial charge in [-0.2, -0.15) is 10.2 Å². The molecule has 0 unspecified atom stereocenters. The maximum absolute atomic E-state index is 13.6. The first-order valence-electron chi connectivity index (χ1n) is 11.3. The molecule has 4 heterocycles. The van der Waals surface area contributed by atoms with Crippen molar-refractivity contribution in [2.45, 2.75) is 25.4 Å². The molecule has 0 aliphatic heterocycles. The zero-order valence-electron chi connectivity index (χ0n) is 19.1. The summed E-state index contributed by atoms with van der Waals surface area (Å²) in [5.74, 6) is 6.52. The minimum Gasteiger partial charge on any atom is -0.383 e. The Labute approximate surface area is 201 Å². The van der Waals surface area contributed by atoms with E-state index in [1.807, 2.05) is 42.3 Å². The number of nitrogens with zero attached hydrogens (tertiary/aromatic N) is 6. The van der Waals surface area contributed by atoms with Gasteiger partial charge in [0.05, 0.1) is 46.6 Å². The molecule has 6 rings (SSSR count). The fraction of sp³-hybridized carbons (Fsp3) is 0.192. The van der Waals surface area contributed by atoms with Crippen molar-refractivity contribution in [2.24, 2.45) is 7.05 Å². The number of benzene rings is 1. The minimum atomic E-state index is -0.0211. The standard InChI is InChI=1S/C26H22N8O/c1-33-24-21-10-18(5-9-23(21)32-25(27)22(24)14-31-33)26(35)34(20-7-8-20)15-19-6-4-16(11-28-19)2-3-17-12-29-30-13-17/h4-6,9-14,20H,7-8,15H2,1H3,(H2,27,32)(H,29,30). The second-order valence-corrected chi connectivity index (χ2v) is 8.70. The van der Waals surface area contributed by atoms with Crippen LogP contribution in [0.25, 0.3) is 21.8 Å². The largest absolute Gasteiger partial charge is 0.383 e. The van der Waals surface area contributed by atoms with E-state index in [0.717, 1.165) is 51.5 Å². The summed E-state index contributed by atoms with van der Waals surface area (Å²) in [5.41, 5.74) is 10.8. The average Bonchev–Trinajstić information content (AvgIpc) is 3.42. The Bertz CT molecular complexity index is 1620. The highest BCUT2D eigenvalue weighted by Crippen LogP contribution is 2.32. The van der Waals surface area contributed by atoms with E-state index >= 15 is 0 Å². The Morgan fingerprint density at radius 1 is 1.14 bits per heavy atom. The van der Waals surface area contributed by atoms with Crippen LogP contribution in [-0.4, -0.2) is 46.8 Å². The molecule has 0 atom stereocenters. The molecule has 0 spiro atoms. The number of nitrogens with two attached hydrogens (primary N) is 1. The molecule has 9 nitrogen and oxygen atoms in total. The van der Waals surface area contributed by atoms with Gasteiger partial charge < -0.3 is 10.6 Å². The number of amides is 1. The van der Waals surface area contributed by atoms with Crippen LogP contribution >= 0.6 is 0 Å². The Hall–Kier alpha value is -4.71. The summed E-state index contributed by atoms with van der Waals surface area (Å²) in [4.78, 5) is 24.6. The van der Waals surface area contributed by atoms with Gasteiger partial charge in [0, 0.05) is 42.0 Å². The van der Waals surface area contributed by atoms with Crippen LogP contribution in [0.15, 0.2) is 55.1 Å². The summed E-state index contributed by atoms with van der Waals surface area (Å²) in [7, 11) is 1.86. The van der Waals surface area contributed by atoms with Crippen molar-refractivity contribution in [1.82, 2.24) is 34.8 Å². The van der Waals surface area contributed by atoms with E-state index in [4.69, 9.17) is 5.73 Å². The van der Waals surface area contributed by atoms with Crippen molar-refractivity contribution in [3.8, 4) is 11.8 Å². The van der Waals surface area contributed by atoms with Crippen molar-refractivity contribution < 1.29 is 4.79 Å². The zero-order valence-corrected chi connectivity index (χ0v) is 19.1. The molecule has 5 aromatic rings. The molecule has 1 fully saturated rings. The molecule has 0 saturated heterocycles. The Morgan fingerprint density at radius 3 is 2.74 bits per heavy atom. The number of nitrogen functional groups attached to an aromatic ring is 1. The smallest absolute Gasteiger partial charge is 0.254 e. The van der Waals surface area contributed by atoms with Crippen LogP contribution in [0.1, 0.15) is 40.0 Å². The highest BCUT2D eigenvalue weighted by Gasteiger charge is 2.33. The second-order valence-electron chi connectivity index (χ2n) is 8.70. The first-order chi connectivity index (χ1) is 17.1. The number of nitrogens with one attached hydrogen (secondary N) is 1. The molecule has 1 aliphatic carbocycles. The van der Waals surface area contributed by atoms with E-state index < -0.39 is 0 Å². The van der Waals surface area contributed by atoms with E-state index in [1.54, 1.807) is 29.5 Å². The van der Waals surface area contributed by atoms with E-state index in [9.17, 15) is 4.79 Å². The van der Waals surface area contributed by atoms with Crippen molar-refractivity contribution in [2.75, 3.05) is 5.73 Å². The molecule has 3 N–H and O–H groups in total. The van der Waals surface area contributed by atoms with E-state index in [1.165, 1.54) is 0 Å². The van der Waals surface area contributed by atoms with Gasteiger partial charge in [-0.25, -0.2) is 4.98 Å². The van der Waals surface area contributed by atoms with Gasteiger partial charge in [-0.15, -0.1) is 0 Å². The van der Waals surface area contributed by atoms with Crippen LogP contribution in [0.5, 0.6) is 0 Å². The molecule has 172 valence electrons. The molecule has 9 heteroatoms. The summed E-state index contributed by atoms with van der Waals surface area (Å²) < 4.78 is 1.77. The number of carbonyl (C=O) groups is 1. The van der Waals surface area contributed by atoms with Gasteiger partial charge in [-0.05, 0) is 43.2 Å². The number of hydrogen-bond donors (Lipinski definition) is 2. The van der Waals surface area contributed by atoms with Crippen LogP contribution in [0.2, 0.25) is 0 Å². The quantitative estimate of drug-likeness (QED) is 0.396. The first-order valence-corrected chi connectivity index (χ1v) is 11.3. The predicted molar refractivity (Wildman–Crippen MR) is 132 cm³/mol. The molecule has 0 radical (unpaired) electrons. The number of aromatic amines is 1. The predicted octanol–water partition coefficient (Wildman–Crippen LogP) is 3.03. The molecule has 1 aliphatic rings. The summed E-state index contributed by atoms with van der Waals surface area (Å²) in [5, 5.41) is 12.6. The fourth-order valence-corrected chi connectivity index (χ4v) is 4.24. The van der Waals surface area contributed by atoms with Crippen molar-refractivity contribution in [3.63, 3.8) is 0 Å². The minimum absolute atomic E-state index is 0.0211. The average molecular weight is 463 g/mol. The number of pyridine rings is 2.